The zero-order valence-electron chi connectivity index (χ0n) is 11.1. The minimum Gasteiger partial charge on any atom is -0.388 e. The van der Waals surface area contributed by atoms with E-state index in [0.29, 0.717) is 5.56 Å². The molecule has 0 aliphatic carbocycles. The van der Waals surface area contributed by atoms with Gasteiger partial charge in [0.2, 0.25) is 0 Å². The summed E-state index contributed by atoms with van der Waals surface area (Å²) < 4.78 is 40.0. The first-order valence-electron chi connectivity index (χ1n) is 5.99. The smallest absolute Gasteiger partial charge is 0.261 e. The van der Waals surface area contributed by atoms with E-state index < -0.39 is 15.8 Å². The van der Waals surface area contributed by atoms with E-state index >= 15 is 0 Å². The van der Waals surface area contributed by atoms with Gasteiger partial charge in [0, 0.05) is 12.7 Å². The summed E-state index contributed by atoms with van der Waals surface area (Å²) in [5.41, 5.74) is 1.70. The Labute approximate surface area is 117 Å². The molecule has 0 aliphatic heterocycles. The maximum Gasteiger partial charge on any atom is 0.261 e. The van der Waals surface area contributed by atoms with Crippen molar-refractivity contribution in [1.82, 2.24) is 0 Å². The molecule has 0 saturated carbocycles. The third-order valence-electron chi connectivity index (χ3n) is 2.90. The maximum atomic E-state index is 13.2. The molecule has 0 radical (unpaired) electrons. The molecule has 0 saturated heterocycles. The average molecular weight is 294 g/mol. The molecule has 20 heavy (non-hydrogen) atoms. The molecule has 0 spiro atoms. The highest BCUT2D eigenvalue weighted by atomic mass is 32.2. The molecule has 2 aromatic carbocycles. The van der Waals surface area contributed by atoms with Crippen molar-refractivity contribution in [3.63, 3.8) is 0 Å². The lowest BCUT2D eigenvalue weighted by Crippen LogP contribution is -2.14. The van der Waals surface area contributed by atoms with E-state index in [1.165, 1.54) is 24.3 Å². The monoisotopic (exact) mass is 294 g/mol. The van der Waals surface area contributed by atoms with Crippen molar-refractivity contribution in [2.45, 2.75) is 11.8 Å². The van der Waals surface area contributed by atoms with E-state index in [4.69, 9.17) is 0 Å². The van der Waals surface area contributed by atoms with Gasteiger partial charge in [0.1, 0.15) is 5.82 Å². The van der Waals surface area contributed by atoms with Crippen molar-refractivity contribution < 1.29 is 12.8 Å². The van der Waals surface area contributed by atoms with Crippen LogP contribution in [0.3, 0.4) is 0 Å². The fourth-order valence-electron chi connectivity index (χ4n) is 1.71. The third kappa shape index (κ3) is 3.08. The maximum absolute atomic E-state index is 13.2. The van der Waals surface area contributed by atoms with Gasteiger partial charge in [-0.3, -0.25) is 4.72 Å². The largest absolute Gasteiger partial charge is 0.388 e. The van der Waals surface area contributed by atoms with Crippen LogP contribution in [0.15, 0.2) is 47.4 Å². The number of halogens is 1. The molecule has 2 rings (SSSR count). The van der Waals surface area contributed by atoms with Crippen LogP contribution in [0, 0.1) is 12.7 Å². The minimum atomic E-state index is -3.72. The summed E-state index contributed by atoms with van der Waals surface area (Å²) in [6.45, 7) is 1.71. The standard InChI is InChI=1S/C14H15FN2O2S/c1-10-3-4-11(15)9-14(10)17-20(18,19)13-7-5-12(16-2)6-8-13/h3-9,16-17H,1-2H3. The highest BCUT2D eigenvalue weighted by molar-refractivity contribution is 7.92. The van der Waals surface area contributed by atoms with E-state index in [0.717, 1.165) is 11.8 Å². The Morgan fingerprint density at radius 1 is 1.05 bits per heavy atom. The first-order valence-corrected chi connectivity index (χ1v) is 7.47. The van der Waals surface area contributed by atoms with Crippen LogP contribution in [0.1, 0.15) is 5.56 Å². The lowest BCUT2D eigenvalue weighted by molar-refractivity contribution is 0.601. The molecular formula is C14H15FN2O2S. The van der Waals surface area contributed by atoms with Crippen molar-refractivity contribution in [1.29, 1.82) is 0 Å². The predicted octanol–water partition coefficient (Wildman–Crippen LogP) is 2.98. The van der Waals surface area contributed by atoms with Crippen LogP contribution in [-0.4, -0.2) is 15.5 Å². The van der Waals surface area contributed by atoms with Crippen molar-refractivity contribution in [2.24, 2.45) is 0 Å². The van der Waals surface area contributed by atoms with Crippen molar-refractivity contribution >= 4 is 21.4 Å². The predicted molar refractivity (Wildman–Crippen MR) is 77.9 cm³/mol. The Kier molecular flexibility index (Phi) is 3.94. The molecule has 0 aromatic heterocycles. The molecule has 0 fully saturated rings. The van der Waals surface area contributed by atoms with Crippen LogP contribution in [-0.2, 0) is 10.0 Å². The Hall–Kier alpha value is -2.08. The zero-order valence-corrected chi connectivity index (χ0v) is 12.0. The quantitative estimate of drug-likeness (QED) is 0.911. The Balaban J connectivity index is 2.32. The van der Waals surface area contributed by atoms with Gasteiger partial charge in [-0.25, -0.2) is 12.8 Å². The van der Waals surface area contributed by atoms with E-state index in [-0.39, 0.29) is 10.6 Å². The van der Waals surface area contributed by atoms with Crippen LogP contribution in [0.2, 0.25) is 0 Å². The summed E-state index contributed by atoms with van der Waals surface area (Å²) in [5, 5.41) is 2.91. The topological polar surface area (TPSA) is 58.2 Å². The molecule has 0 unspecified atom stereocenters. The summed E-state index contributed by atoms with van der Waals surface area (Å²) in [4.78, 5) is 0.125. The van der Waals surface area contributed by atoms with Crippen LogP contribution < -0.4 is 10.0 Å². The number of benzene rings is 2. The van der Waals surface area contributed by atoms with Gasteiger partial charge >= 0.3 is 0 Å². The lowest BCUT2D eigenvalue weighted by atomic mass is 10.2. The van der Waals surface area contributed by atoms with Crippen LogP contribution in [0.4, 0.5) is 15.8 Å². The summed E-state index contributed by atoms with van der Waals surface area (Å²) in [5.74, 6) is -0.487. The van der Waals surface area contributed by atoms with E-state index in [1.807, 2.05) is 0 Å². The normalized spacial score (nSPS) is 11.2. The van der Waals surface area contributed by atoms with Gasteiger partial charge in [0.05, 0.1) is 10.6 Å². The first-order chi connectivity index (χ1) is 9.42. The molecule has 0 aliphatic rings. The molecule has 0 heterocycles. The molecule has 0 amide bonds. The molecule has 0 bridgehead atoms. The van der Waals surface area contributed by atoms with E-state index in [2.05, 4.69) is 10.0 Å². The van der Waals surface area contributed by atoms with Gasteiger partial charge in [0.15, 0.2) is 0 Å². The van der Waals surface area contributed by atoms with Crippen molar-refractivity contribution in [3.05, 3.63) is 53.8 Å². The second kappa shape index (κ2) is 5.50. The van der Waals surface area contributed by atoms with Gasteiger partial charge in [-0.1, -0.05) is 6.07 Å². The average Bonchev–Trinajstić information content (AvgIpc) is 2.43. The minimum absolute atomic E-state index is 0.125. The van der Waals surface area contributed by atoms with Crippen molar-refractivity contribution in [2.75, 3.05) is 17.1 Å². The van der Waals surface area contributed by atoms with Gasteiger partial charge in [-0.2, -0.15) is 0 Å². The lowest BCUT2D eigenvalue weighted by Gasteiger charge is -2.11. The van der Waals surface area contributed by atoms with Gasteiger partial charge in [-0.05, 0) is 48.9 Å². The van der Waals surface area contributed by atoms with Crippen LogP contribution >= 0.6 is 0 Å². The van der Waals surface area contributed by atoms with E-state index in [9.17, 15) is 12.8 Å². The molecule has 106 valence electrons. The summed E-state index contributed by atoms with van der Waals surface area (Å²) >= 11 is 0. The van der Waals surface area contributed by atoms with E-state index in [1.54, 1.807) is 26.1 Å². The van der Waals surface area contributed by atoms with Gasteiger partial charge in [-0.15, -0.1) is 0 Å². The molecule has 6 heteroatoms. The number of nitrogens with one attached hydrogen (secondary N) is 2. The second-order valence-corrected chi connectivity index (χ2v) is 6.02. The van der Waals surface area contributed by atoms with Gasteiger partial charge in [0.25, 0.3) is 10.0 Å². The number of rotatable bonds is 4. The third-order valence-corrected chi connectivity index (χ3v) is 4.28. The number of hydrogen-bond acceptors (Lipinski definition) is 3. The number of sulfonamides is 1. The summed E-state index contributed by atoms with van der Waals surface area (Å²) in [6.07, 6.45) is 0. The highest BCUT2D eigenvalue weighted by Crippen LogP contribution is 2.21. The fourth-order valence-corrected chi connectivity index (χ4v) is 2.83. The Morgan fingerprint density at radius 3 is 2.30 bits per heavy atom. The summed E-state index contributed by atoms with van der Waals surface area (Å²) in [7, 11) is -1.97. The van der Waals surface area contributed by atoms with Crippen LogP contribution in [0.5, 0.6) is 0 Å². The molecular weight excluding hydrogens is 279 g/mol. The van der Waals surface area contributed by atoms with Crippen molar-refractivity contribution in [3.8, 4) is 0 Å². The molecule has 2 N–H and O–H groups in total. The molecule has 4 nitrogen and oxygen atoms in total. The highest BCUT2D eigenvalue weighted by Gasteiger charge is 2.15. The first kappa shape index (κ1) is 14.3. The SMILES string of the molecule is CNc1ccc(S(=O)(=O)Nc2cc(F)ccc2C)cc1. The Bertz CT molecular complexity index is 712. The fraction of sp³-hybridized carbons (Fsp3) is 0.143. The molecule has 2 aromatic rings. The van der Waals surface area contributed by atoms with Crippen LogP contribution in [0.25, 0.3) is 0 Å². The number of hydrogen-bond donors (Lipinski definition) is 2. The number of anilines is 2. The second-order valence-electron chi connectivity index (χ2n) is 4.34. The molecule has 0 atom stereocenters. The van der Waals surface area contributed by atoms with Gasteiger partial charge < -0.3 is 5.32 Å². The zero-order chi connectivity index (χ0) is 14.8. The summed E-state index contributed by atoms with van der Waals surface area (Å²) in [6, 6.07) is 10.3. The Morgan fingerprint density at radius 2 is 1.70 bits per heavy atom. The number of aryl methyl sites for hydroxylation is 1.